The molecule has 2 fully saturated rings. The summed E-state index contributed by atoms with van der Waals surface area (Å²) in [6, 6.07) is 0. The molecule has 3 heterocycles. The van der Waals surface area contributed by atoms with Gasteiger partial charge in [0.25, 0.3) is 0 Å². The van der Waals surface area contributed by atoms with Crippen LogP contribution in [-0.2, 0) is 4.84 Å². The van der Waals surface area contributed by atoms with Crippen molar-refractivity contribution in [1.29, 1.82) is 0 Å². The molecule has 1 saturated carbocycles. The summed E-state index contributed by atoms with van der Waals surface area (Å²) < 4.78 is 0. The number of hydroxylamine groups is 1. The first-order valence-electron chi connectivity index (χ1n) is 5.41. The van der Waals surface area contributed by atoms with Crippen molar-refractivity contribution >= 4 is 17.0 Å². The molecule has 1 spiro atoms. The maximum atomic E-state index is 5.69. The summed E-state index contributed by atoms with van der Waals surface area (Å²) in [5.74, 6) is 0.797. The molecule has 82 valence electrons. The molecule has 6 heteroatoms. The normalized spacial score (nSPS) is 22.1. The molecule has 0 bridgehead atoms. The van der Waals surface area contributed by atoms with E-state index in [0.717, 1.165) is 24.5 Å². The van der Waals surface area contributed by atoms with Crippen molar-refractivity contribution in [2.75, 3.05) is 18.2 Å². The maximum Gasteiger partial charge on any atom is 0.182 e. The number of nitrogens with zero attached hydrogens (tertiary/aromatic N) is 4. The molecule has 1 aliphatic carbocycles. The highest BCUT2D eigenvalue weighted by Crippen LogP contribution is 2.50. The van der Waals surface area contributed by atoms with Gasteiger partial charge in [-0.2, -0.15) is 0 Å². The van der Waals surface area contributed by atoms with Gasteiger partial charge in [-0.3, -0.25) is 4.84 Å². The topological polar surface area (TPSA) is 66.9 Å². The van der Waals surface area contributed by atoms with Crippen LogP contribution in [0, 0.1) is 5.41 Å². The zero-order valence-corrected chi connectivity index (χ0v) is 8.68. The zero-order chi connectivity index (χ0) is 10.6. The van der Waals surface area contributed by atoms with Gasteiger partial charge in [-0.25, -0.2) is 20.0 Å². The summed E-state index contributed by atoms with van der Waals surface area (Å²) in [4.78, 5) is 21.2. The summed E-state index contributed by atoms with van der Waals surface area (Å²) in [7, 11) is 0. The second-order valence-corrected chi connectivity index (χ2v) is 4.61. The Morgan fingerprint density at radius 3 is 3.06 bits per heavy atom. The molecule has 0 unspecified atom stereocenters. The van der Waals surface area contributed by atoms with Gasteiger partial charge in [-0.15, -0.1) is 0 Å². The lowest BCUT2D eigenvalue weighted by atomic mass is 10.1. The predicted octanol–water partition coefficient (Wildman–Crippen LogP) is 0.885. The van der Waals surface area contributed by atoms with Crippen LogP contribution in [0.2, 0.25) is 0 Å². The van der Waals surface area contributed by atoms with Crippen LogP contribution in [0.5, 0.6) is 0 Å². The van der Waals surface area contributed by atoms with Crippen molar-refractivity contribution in [3.8, 4) is 0 Å². The Bertz CT molecular complexity index is 547. The van der Waals surface area contributed by atoms with E-state index in [9.17, 15) is 0 Å². The minimum Gasteiger partial charge on any atom is -0.340 e. The summed E-state index contributed by atoms with van der Waals surface area (Å²) in [5.41, 5.74) is 1.93. The van der Waals surface area contributed by atoms with Gasteiger partial charge in [0.1, 0.15) is 11.8 Å². The average molecular weight is 217 g/mol. The summed E-state index contributed by atoms with van der Waals surface area (Å²) in [5, 5.41) is 1.87. The van der Waals surface area contributed by atoms with E-state index in [2.05, 4.69) is 19.9 Å². The van der Waals surface area contributed by atoms with E-state index in [0.29, 0.717) is 11.1 Å². The number of nitrogens with one attached hydrogen (secondary N) is 1. The van der Waals surface area contributed by atoms with Crippen LogP contribution in [0.25, 0.3) is 11.2 Å². The minimum atomic E-state index is 0.400. The van der Waals surface area contributed by atoms with Gasteiger partial charge in [-0.05, 0) is 12.8 Å². The van der Waals surface area contributed by atoms with E-state index in [1.54, 1.807) is 6.33 Å². The molecule has 0 aromatic carbocycles. The fourth-order valence-corrected chi connectivity index (χ4v) is 2.17. The molecule has 1 aliphatic heterocycles. The number of H-pyrrole nitrogens is 1. The van der Waals surface area contributed by atoms with Gasteiger partial charge < -0.3 is 4.98 Å². The van der Waals surface area contributed by atoms with Gasteiger partial charge in [0, 0.05) is 5.41 Å². The highest BCUT2D eigenvalue weighted by molar-refractivity contribution is 5.82. The quantitative estimate of drug-likeness (QED) is 0.768. The van der Waals surface area contributed by atoms with Crippen molar-refractivity contribution in [3.63, 3.8) is 0 Å². The first-order valence-corrected chi connectivity index (χ1v) is 5.41. The third kappa shape index (κ3) is 1.07. The van der Waals surface area contributed by atoms with Crippen molar-refractivity contribution in [2.45, 2.75) is 12.8 Å². The van der Waals surface area contributed by atoms with Gasteiger partial charge in [0.2, 0.25) is 0 Å². The predicted molar refractivity (Wildman–Crippen MR) is 56.6 cm³/mol. The van der Waals surface area contributed by atoms with E-state index >= 15 is 0 Å². The van der Waals surface area contributed by atoms with Crippen LogP contribution in [0.3, 0.4) is 0 Å². The van der Waals surface area contributed by atoms with Crippen molar-refractivity contribution < 1.29 is 4.84 Å². The van der Waals surface area contributed by atoms with Crippen molar-refractivity contribution in [1.82, 2.24) is 19.9 Å². The SMILES string of the molecule is c1nc(N2CC3(CC3)CO2)c2[nH]cnc2n1. The van der Waals surface area contributed by atoms with E-state index in [-0.39, 0.29) is 0 Å². The lowest BCUT2D eigenvalue weighted by Gasteiger charge is -2.14. The third-order valence-corrected chi connectivity index (χ3v) is 3.40. The molecule has 0 amide bonds. The van der Waals surface area contributed by atoms with E-state index in [1.165, 1.54) is 19.2 Å². The van der Waals surface area contributed by atoms with Crippen LogP contribution >= 0.6 is 0 Å². The number of hydrogen-bond acceptors (Lipinski definition) is 5. The van der Waals surface area contributed by atoms with Crippen LogP contribution in [0.1, 0.15) is 12.8 Å². The number of aromatic nitrogens is 4. The maximum absolute atomic E-state index is 5.69. The Balaban J connectivity index is 1.78. The molecule has 1 N–H and O–H groups in total. The number of rotatable bonds is 1. The Labute approximate surface area is 91.6 Å². The molecular formula is C10H11N5O. The molecule has 0 atom stereocenters. The van der Waals surface area contributed by atoms with E-state index < -0.39 is 0 Å². The monoisotopic (exact) mass is 217 g/mol. The van der Waals surface area contributed by atoms with Crippen molar-refractivity contribution in [3.05, 3.63) is 12.7 Å². The van der Waals surface area contributed by atoms with Gasteiger partial charge >= 0.3 is 0 Å². The highest BCUT2D eigenvalue weighted by Gasteiger charge is 2.50. The fourth-order valence-electron chi connectivity index (χ4n) is 2.17. The largest absolute Gasteiger partial charge is 0.340 e. The first kappa shape index (κ1) is 8.46. The van der Waals surface area contributed by atoms with Crippen molar-refractivity contribution in [2.24, 2.45) is 5.41 Å². The first-order chi connectivity index (χ1) is 7.86. The third-order valence-electron chi connectivity index (χ3n) is 3.40. The van der Waals surface area contributed by atoms with Gasteiger partial charge in [0.05, 0.1) is 19.5 Å². The van der Waals surface area contributed by atoms with Crippen LogP contribution < -0.4 is 5.06 Å². The zero-order valence-electron chi connectivity index (χ0n) is 8.68. The lowest BCUT2D eigenvalue weighted by Crippen LogP contribution is -2.20. The molecule has 4 rings (SSSR count). The number of hydrogen-bond donors (Lipinski definition) is 1. The standard InChI is InChI=1S/C10H11N5O/c1-2-10(1)3-15(16-4-10)9-7-8(12-5-11-7)13-6-14-9/h5-6H,1-4H2,(H,11,12,13,14). The second kappa shape index (κ2) is 2.70. The number of anilines is 1. The molecule has 1 saturated heterocycles. The molecule has 2 aromatic heterocycles. The summed E-state index contributed by atoms with van der Waals surface area (Å²) in [6.07, 6.45) is 5.69. The fraction of sp³-hybridized carbons (Fsp3) is 0.500. The minimum absolute atomic E-state index is 0.400. The number of fused-ring (bicyclic) bond motifs is 1. The lowest BCUT2D eigenvalue weighted by molar-refractivity contribution is 0.154. The molecule has 2 aromatic rings. The number of imidazole rings is 1. The molecule has 6 nitrogen and oxygen atoms in total. The van der Waals surface area contributed by atoms with E-state index in [1.807, 2.05) is 5.06 Å². The molecular weight excluding hydrogens is 206 g/mol. The van der Waals surface area contributed by atoms with Gasteiger partial charge in [0.15, 0.2) is 11.5 Å². The average Bonchev–Trinajstić information content (AvgIpc) is 2.76. The molecule has 0 radical (unpaired) electrons. The summed E-state index contributed by atoms with van der Waals surface area (Å²) >= 11 is 0. The smallest absolute Gasteiger partial charge is 0.182 e. The van der Waals surface area contributed by atoms with E-state index in [4.69, 9.17) is 4.84 Å². The second-order valence-electron chi connectivity index (χ2n) is 4.61. The highest BCUT2D eigenvalue weighted by atomic mass is 16.7. The Morgan fingerprint density at radius 1 is 1.31 bits per heavy atom. The summed E-state index contributed by atoms with van der Waals surface area (Å²) in [6.45, 7) is 1.74. The Morgan fingerprint density at radius 2 is 2.25 bits per heavy atom. The van der Waals surface area contributed by atoms with Crippen LogP contribution in [0.15, 0.2) is 12.7 Å². The number of aromatic amines is 1. The Kier molecular flexibility index (Phi) is 1.43. The Hall–Kier alpha value is -1.69. The van der Waals surface area contributed by atoms with Crippen LogP contribution in [-0.4, -0.2) is 33.1 Å². The van der Waals surface area contributed by atoms with Crippen LogP contribution in [0.4, 0.5) is 5.82 Å². The van der Waals surface area contributed by atoms with Gasteiger partial charge in [-0.1, -0.05) is 0 Å². The molecule has 16 heavy (non-hydrogen) atoms. The molecule has 2 aliphatic rings.